The molecule has 4 heterocycles. The fraction of sp³-hybridized carbons (Fsp3) is 0.250. The van der Waals surface area contributed by atoms with Gasteiger partial charge in [0, 0.05) is 13.5 Å². The Labute approximate surface area is 174 Å². The molecule has 29 heavy (non-hydrogen) atoms. The van der Waals surface area contributed by atoms with Crippen molar-refractivity contribution in [3.63, 3.8) is 0 Å². The van der Waals surface area contributed by atoms with Crippen molar-refractivity contribution in [2.45, 2.75) is 26.2 Å². The molecular weight excluding hydrogens is 406 g/mol. The van der Waals surface area contributed by atoms with Gasteiger partial charge in [-0.3, -0.25) is 19.6 Å². The number of carbonyl (C=O) groups excluding carboxylic acids is 2. The molecule has 1 aliphatic rings. The monoisotopic (exact) mass is 423 g/mol. The van der Waals surface area contributed by atoms with Crippen molar-refractivity contribution in [1.82, 2.24) is 19.7 Å². The van der Waals surface area contributed by atoms with Crippen LogP contribution >= 0.6 is 22.7 Å². The van der Waals surface area contributed by atoms with E-state index in [4.69, 9.17) is 4.98 Å². The molecule has 0 saturated carbocycles. The molecule has 9 heteroatoms. The van der Waals surface area contributed by atoms with Crippen molar-refractivity contribution in [3.8, 4) is 10.6 Å². The number of thiazole rings is 1. The van der Waals surface area contributed by atoms with E-state index in [0.29, 0.717) is 27.6 Å². The molecule has 4 aromatic heterocycles. The zero-order chi connectivity index (χ0) is 20.1. The second-order valence-corrected chi connectivity index (χ2v) is 8.91. The number of amides is 1. The summed E-state index contributed by atoms with van der Waals surface area (Å²) in [6, 6.07) is 5.73. The number of anilines is 1. The molecule has 0 aromatic carbocycles. The maximum atomic E-state index is 13.2. The number of thiophene rings is 1. The highest BCUT2D eigenvalue weighted by Gasteiger charge is 2.24. The standard InChI is InChI=1S/C20H17N5O2S2/c1-10-16-11(9-13(15-7-4-8-28-15)21-18(16)25(2)24-10)19(27)23-20-22-12-5-3-6-14(26)17(12)29-20/h4,7-9H,3,5-6H2,1-2H3,(H,22,23,27). The van der Waals surface area contributed by atoms with Gasteiger partial charge in [-0.1, -0.05) is 17.4 Å². The number of pyridine rings is 1. The van der Waals surface area contributed by atoms with E-state index >= 15 is 0 Å². The highest BCUT2D eigenvalue weighted by molar-refractivity contribution is 7.17. The van der Waals surface area contributed by atoms with Crippen molar-refractivity contribution < 1.29 is 9.59 Å². The Balaban J connectivity index is 1.58. The van der Waals surface area contributed by atoms with Gasteiger partial charge in [0.05, 0.1) is 37.8 Å². The molecule has 1 aliphatic carbocycles. The number of nitrogens with one attached hydrogen (secondary N) is 1. The van der Waals surface area contributed by atoms with Crippen LogP contribution in [0.3, 0.4) is 0 Å². The Morgan fingerprint density at radius 1 is 1.28 bits per heavy atom. The maximum Gasteiger partial charge on any atom is 0.258 e. The Hall–Kier alpha value is -2.91. The van der Waals surface area contributed by atoms with Crippen LogP contribution in [0.25, 0.3) is 21.6 Å². The van der Waals surface area contributed by atoms with Gasteiger partial charge in [-0.2, -0.15) is 5.10 Å². The minimum atomic E-state index is -0.273. The summed E-state index contributed by atoms with van der Waals surface area (Å²) >= 11 is 2.82. The molecule has 0 bridgehead atoms. The number of Topliss-reactive ketones (excluding diaryl/α,β-unsaturated/α-hetero) is 1. The van der Waals surface area contributed by atoms with Gasteiger partial charge in [0.15, 0.2) is 16.6 Å². The Bertz CT molecular complexity index is 1270. The molecule has 0 saturated heterocycles. The largest absolute Gasteiger partial charge is 0.298 e. The number of ketones is 1. The Kier molecular flexibility index (Phi) is 4.29. The van der Waals surface area contributed by atoms with E-state index in [1.807, 2.05) is 31.5 Å². The first-order valence-electron chi connectivity index (χ1n) is 9.23. The third-order valence-electron chi connectivity index (χ3n) is 4.98. The highest BCUT2D eigenvalue weighted by atomic mass is 32.1. The fourth-order valence-electron chi connectivity index (χ4n) is 3.66. The first-order valence-corrected chi connectivity index (χ1v) is 10.9. The van der Waals surface area contributed by atoms with Gasteiger partial charge in [0.1, 0.15) is 0 Å². The van der Waals surface area contributed by atoms with Gasteiger partial charge in [0.25, 0.3) is 5.91 Å². The molecule has 146 valence electrons. The topological polar surface area (TPSA) is 89.8 Å². The average Bonchev–Trinajstić information content (AvgIpc) is 3.42. The second-order valence-electron chi connectivity index (χ2n) is 6.97. The number of fused-ring (bicyclic) bond motifs is 2. The van der Waals surface area contributed by atoms with Gasteiger partial charge in [-0.05, 0) is 37.3 Å². The average molecular weight is 424 g/mol. The summed E-state index contributed by atoms with van der Waals surface area (Å²) < 4.78 is 1.69. The normalized spacial score (nSPS) is 13.7. The molecule has 0 atom stereocenters. The van der Waals surface area contributed by atoms with Gasteiger partial charge >= 0.3 is 0 Å². The predicted octanol–water partition coefficient (Wildman–Crippen LogP) is 4.23. The summed E-state index contributed by atoms with van der Waals surface area (Å²) in [5.74, 6) is -0.163. The minimum Gasteiger partial charge on any atom is -0.298 e. The lowest BCUT2D eigenvalue weighted by molar-refractivity contribution is 0.0975. The number of hydrogen-bond donors (Lipinski definition) is 1. The molecule has 0 unspecified atom stereocenters. The molecular formula is C20H17N5O2S2. The molecule has 7 nitrogen and oxygen atoms in total. The van der Waals surface area contributed by atoms with Crippen LogP contribution in [0.5, 0.6) is 0 Å². The van der Waals surface area contributed by atoms with E-state index in [-0.39, 0.29) is 11.7 Å². The van der Waals surface area contributed by atoms with E-state index in [2.05, 4.69) is 15.4 Å². The van der Waals surface area contributed by atoms with Crippen LogP contribution < -0.4 is 5.32 Å². The molecule has 0 fully saturated rings. The van der Waals surface area contributed by atoms with Crippen LogP contribution in [0.1, 0.15) is 44.3 Å². The molecule has 0 radical (unpaired) electrons. The van der Waals surface area contributed by atoms with Crippen LogP contribution in [0.15, 0.2) is 23.6 Å². The van der Waals surface area contributed by atoms with Gasteiger partial charge in [-0.15, -0.1) is 11.3 Å². The third kappa shape index (κ3) is 3.06. The molecule has 1 N–H and O–H groups in total. The van der Waals surface area contributed by atoms with Crippen molar-refractivity contribution in [1.29, 1.82) is 0 Å². The minimum absolute atomic E-state index is 0.110. The molecule has 0 spiro atoms. The van der Waals surface area contributed by atoms with E-state index in [1.165, 1.54) is 11.3 Å². The summed E-state index contributed by atoms with van der Waals surface area (Å²) in [7, 11) is 1.82. The second kappa shape index (κ2) is 6.85. The molecule has 0 aliphatic heterocycles. The number of hydrogen-bond acceptors (Lipinski definition) is 7. The summed E-state index contributed by atoms with van der Waals surface area (Å²) in [5.41, 5.74) is 3.43. The highest BCUT2D eigenvalue weighted by Crippen LogP contribution is 2.32. The smallest absolute Gasteiger partial charge is 0.258 e. The zero-order valence-electron chi connectivity index (χ0n) is 15.9. The van der Waals surface area contributed by atoms with Crippen LogP contribution in [0, 0.1) is 6.92 Å². The number of nitrogens with zero attached hydrogens (tertiary/aromatic N) is 4. The third-order valence-corrected chi connectivity index (χ3v) is 6.92. The molecule has 1 amide bonds. The SMILES string of the molecule is Cc1nn(C)c2nc(-c3cccs3)cc(C(=O)Nc3nc4c(s3)C(=O)CCC4)c12. The van der Waals surface area contributed by atoms with Crippen LogP contribution in [0.2, 0.25) is 0 Å². The fourth-order valence-corrected chi connectivity index (χ4v) is 5.32. The predicted molar refractivity (Wildman–Crippen MR) is 114 cm³/mol. The quantitative estimate of drug-likeness (QED) is 0.532. The van der Waals surface area contributed by atoms with Crippen molar-refractivity contribution >= 4 is 50.5 Å². The van der Waals surface area contributed by atoms with Crippen LogP contribution in [-0.4, -0.2) is 31.4 Å². The lowest BCUT2D eigenvalue weighted by atomic mass is 10.0. The maximum absolute atomic E-state index is 13.2. The van der Waals surface area contributed by atoms with Gasteiger partial charge in [0.2, 0.25) is 0 Å². The number of carbonyl (C=O) groups is 2. The number of aromatic nitrogens is 4. The Morgan fingerprint density at radius 3 is 2.90 bits per heavy atom. The van der Waals surface area contributed by atoms with Gasteiger partial charge in [-0.25, -0.2) is 9.97 Å². The molecule has 4 aromatic rings. The Morgan fingerprint density at radius 2 is 2.14 bits per heavy atom. The van der Waals surface area contributed by atoms with Crippen LogP contribution in [-0.2, 0) is 13.5 Å². The molecule has 5 rings (SSSR count). The number of aryl methyl sites for hydroxylation is 3. The van der Waals surface area contributed by atoms with Crippen molar-refractivity contribution in [2.24, 2.45) is 7.05 Å². The van der Waals surface area contributed by atoms with E-state index in [9.17, 15) is 9.59 Å². The zero-order valence-corrected chi connectivity index (χ0v) is 17.5. The van der Waals surface area contributed by atoms with Gasteiger partial charge < -0.3 is 0 Å². The first-order chi connectivity index (χ1) is 14.0. The van der Waals surface area contributed by atoms with Crippen molar-refractivity contribution in [3.05, 3.63) is 45.4 Å². The lowest BCUT2D eigenvalue weighted by Crippen LogP contribution is -2.13. The van der Waals surface area contributed by atoms with Crippen molar-refractivity contribution in [2.75, 3.05) is 5.32 Å². The summed E-state index contributed by atoms with van der Waals surface area (Å²) in [6.45, 7) is 1.87. The number of rotatable bonds is 3. The van der Waals surface area contributed by atoms with E-state index in [0.717, 1.165) is 40.2 Å². The summed E-state index contributed by atoms with van der Waals surface area (Å²) in [6.07, 6.45) is 2.14. The summed E-state index contributed by atoms with van der Waals surface area (Å²) in [5, 5.41) is 10.5. The van der Waals surface area contributed by atoms with E-state index < -0.39 is 0 Å². The first kappa shape index (κ1) is 18.1. The summed E-state index contributed by atoms with van der Waals surface area (Å²) in [4.78, 5) is 36.2. The van der Waals surface area contributed by atoms with E-state index in [1.54, 1.807) is 22.1 Å². The van der Waals surface area contributed by atoms with Crippen LogP contribution in [0.4, 0.5) is 5.13 Å². The lowest BCUT2D eigenvalue weighted by Gasteiger charge is -2.07.